The number of aromatic nitrogens is 3. The zero-order valence-corrected chi connectivity index (χ0v) is 17.9. The van der Waals surface area contributed by atoms with Crippen molar-refractivity contribution in [2.24, 2.45) is 5.92 Å². The largest absolute Gasteiger partial charge is 0.494 e. The van der Waals surface area contributed by atoms with Gasteiger partial charge in [-0.25, -0.2) is 0 Å². The molecule has 10 heteroatoms. The van der Waals surface area contributed by atoms with Crippen LogP contribution in [0.15, 0.2) is 17.1 Å². The van der Waals surface area contributed by atoms with Crippen molar-refractivity contribution < 1.29 is 19.4 Å². The summed E-state index contributed by atoms with van der Waals surface area (Å²) in [6.07, 6.45) is 6.22. The maximum atomic E-state index is 13.0. The molecule has 0 radical (unpaired) electrons. The summed E-state index contributed by atoms with van der Waals surface area (Å²) in [7, 11) is 1.61. The second-order valence-electron chi connectivity index (χ2n) is 8.53. The SMILES string of the molecule is COC1CN(C(=O)C=Cc2cnn3c(=O)c(C(=O)NC4CC4)c(O)n(CC(C)C)c23)C1. The normalized spacial score (nSPS) is 17.0. The lowest BCUT2D eigenvalue weighted by atomic mass is 10.1. The van der Waals surface area contributed by atoms with E-state index < -0.39 is 17.3 Å². The Hall–Kier alpha value is -3.14. The Kier molecular flexibility index (Phi) is 5.57. The Morgan fingerprint density at radius 3 is 2.68 bits per heavy atom. The molecule has 0 atom stereocenters. The quantitative estimate of drug-likeness (QED) is 0.623. The number of aromatic hydroxyl groups is 1. The van der Waals surface area contributed by atoms with Crippen molar-refractivity contribution in [3.05, 3.63) is 33.8 Å². The number of rotatable bonds is 7. The van der Waals surface area contributed by atoms with E-state index in [-0.39, 0.29) is 29.5 Å². The van der Waals surface area contributed by atoms with Crippen LogP contribution < -0.4 is 10.9 Å². The van der Waals surface area contributed by atoms with Gasteiger partial charge in [-0.15, -0.1) is 0 Å². The Morgan fingerprint density at radius 2 is 2.06 bits per heavy atom. The van der Waals surface area contributed by atoms with Crippen molar-refractivity contribution in [2.75, 3.05) is 20.2 Å². The highest BCUT2D eigenvalue weighted by Gasteiger charge is 2.31. The minimum absolute atomic E-state index is 0.0434. The van der Waals surface area contributed by atoms with Crippen LogP contribution in [0.2, 0.25) is 0 Å². The van der Waals surface area contributed by atoms with Crippen molar-refractivity contribution in [2.45, 2.75) is 45.4 Å². The van der Waals surface area contributed by atoms with E-state index in [1.54, 1.807) is 18.1 Å². The van der Waals surface area contributed by atoms with E-state index in [2.05, 4.69) is 10.4 Å². The Labute approximate surface area is 179 Å². The lowest BCUT2D eigenvalue weighted by molar-refractivity contribution is -0.137. The molecule has 166 valence electrons. The van der Waals surface area contributed by atoms with Gasteiger partial charge in [-0.05, 0) is 24.8 Å². The summed E-state index contributed by atoms with van der Waals surface area (Å²) in [6, 6.07) is 0.0434. The van der Waals surface area contributed by atoms with Crippen molar-refractivity contribution in [1.29, 1.82) is 0 Å². The standard InChI is InChI=1S/C21H27N5O5/c1-12(2)9-25-19-13(4-7-16(27)24-10-15(11-24)31-3)8-22-26(19)21(30)17(20(25)29)18(28)23-14-5-6-14/h4,7-8,12,14-15,29H,5-6,9-11H2,1-3H3,(H,23,28). The highest BCUT2D eigenvalue weighted by Crippen LogP contribution is 2.24. The van der Waals surface area contributed by atoms with Crippen molar-refractivity contribution in [3.8, 4) is 5.88 Å². The van der Waals surface area contributed by atoms with Gasteiger partial charge in [0.2, 0.25) is 11.8 Å². The predicted molar refractivity (Wildman–Crippen MR) is 113 cm³/mol. The lowest BCUT2D eigenvalue weighted by Crippen LogP contribution is -2.53. The number of hydrogen-bond donors (Lipinski definition) is 2. The summed E-state index contributed by atoms with van der Waals surface area (Å²) in [5.74, 6) is -1.04. The molecule has 1 aliphatic heterocycles. The van der Waals surface area contributed by atoms with Crippen LogP contribution in [0.5, 0.6) is 5.88 Å². The third kappa shape index (κ3) is 4.07. The van der Waals surface area contributed by atoms with E-state index in [9.17, 15) is 19.5 Å². The summed E-state index contributed by atoms with van der Waals surface area (Å²) in [4.78, 5) is 39.6. The van der Waals surface area contributed by atoms with E-state index in [4.69, 9.17) is 4.74 Å². The van der Waals surface area contributed by atoms with Crippen LogP contribution in [0.4, 0.5) is 0 Å². The summed E-state index contributed by atoms with van der Waals surface area (Å²) in [5.41, 5.74) is -0.177. The molecule has 2 aromatic rings. The fraction of sp³-hybridized carbons (Fsp3) is 0.524. The molecule has 2 aliphatic rings. The number of fused-ring (bicyclic) bond motifs is 1. The molecular formula is C21H27N5O5. The minimum Gasteiger partial charge on any atom is -0.494 e. The first-order chi connectivity index (χ1) is 14.8. The molecule has 4 rings (SSSR count). The molecular weight excluding hydrogens is 402 g/mol. The second kappa shape index (κ2) is 8.18. The van der Waals surface area contributed by atoms with Crippen LogP contribution in [0.3, 0.4) is 0 Å². The van der Waals surface area contributed by atoms with E-state index in [0.29, 0.717) is 30.8 Å². The number of carbonyl (C=O) groups is 2. The topological polar surface area (TPSA) is 118 Å². The van der Waals surface area contributed by atoms with Crippen LogP contribution in [0.1, 0.15) is 42.6 Å². The van der Waals surface area contributed by atoms with Gasteiger partial charge in [-0.3, -0.25) is 19.0 Å². The van der Waals surface area contributed by atoms with Gasteiger partial charge in [0.25, 0.3) is 11.5 Å². The molecule has 1 saturated heterocycles. The lowest BCUT2D eigenvalue weighted by Gasteiger charge is -2.37. The van der Waals surface area contributed by atoms with E-state index in [1.807, 2.05) is 13.8 Å². The van der Waals surface area contributed by atoms with E-state index in [1.165, 1.54) is 16.8 Å². The molecule has 1 aliphatic carbocycles. The maximum absolute atomic E-state index is 13.0. The van der Waals surface area contributed by atoms with Crippen molar-refractivity contribution in [3.63, 3.8) is 0 Å². The molecule has 2 aromatic heterocycles. The maximum Gasteiger partial charge on any atom is 0.291 e. The average molecular weight is 429 g/mol. The van der Waals surface area contributed by atoms with E-state index >= 15 is 0 Å². The van der Waals surface area contributed by atoms with E-state index in [0.717, 1.165) is 17.4 Å². The minimum atomic E-state index is -0.692. The number of nitrogens with zero attached hydrogens (tertiary/aromatic N) is 4. The zero-order valence-electron chi connectivity index (χ0n) is 17.9. The monoisotopic (exact) mass is 429 g/mol. The first kappa shape index (κ1) is 21.1. The Bertz CT molecular complexity index is 1110. The summed E-state index contributed by atoms with van der Waals surface area (Å²) in [5, 5.41) is 17.8. The van der Waals surface area contributed by atoms with Gasteiger partial charge in [-0.1, -0.05) is 13.8 Å². The number of hydrogen-bond acceptors (Lipinski definition) is 6. The van der Waals surface area contributed by atoms with Gasteiger partial charge in [-0.2, -0.15) is 9.61 Å². The zero-order chi connectivity index (χ0) is 22.3. The first-order valence-corrected chi connectivity index (χ1v) is 10.4. The number of amides is 2. The number of carbonyl (C=O) groups excluding carboxylic acids is 2. The molecule has 0 bridgehead atoms. The third-order valence-electron chi connectivity index (χ3n) is 5.50. The molecule has 1 saturated carbocycles. The average Bonchev–Trinajstić information content (AvgIpc) is 3.38. The summed E-state index contributed by atoms with van der Waals surface area (Å²) >= 11 is 0. The molecule has 0 spiro atoms. The van der Waals surface area contributed by atoms with Crippen molar-refractivity contribution >= 4 is 23.5 Å². The number of ether oxygens (including phenoxy) is 1. The van der Waals surface area contributed by atoms with Crippen LogP contribution in [0, 0.1) is 5.92 Å². The smallest absolute Gasteiger partial charge is 0.291 e. The molecule has 2 fully saturated rings. The van der Waals surface area contributed by atoms with Gasteiger partial charge >= 0.3 is 0 Å². The molecule has 3 heterocycles. The summed E-state index contributed by atoms with van der Waals surface area (Å²) < 4.78 is 7.80. The predicted octanol–water partition coefficient (Wildman–Crippen LogP) is 0.620. The van der Waals surface area contributed by atoms with Gasteiger partial charge in [0.05, 0.1) is 12.3 Å². The third-order valence-corrected chi connectivity index (χ3v) is 5.50. The van der Waals surface area contributed by atoms with Gasteiger partial charge in [0.15, 0.2) is 5.56 Å². The number of nitrogens with one attached hydrogen (secondary N) is 1. The fourth-order valence-corrected chi connectivity index (χ4v) is 3.58. The second-order valence-corrected chi connectivity index (χ2v) is 8.53. The summed E-state index contributed by atoms with van der Waals surface area (Å²) in [6.45, 7) is 5.36. The molecule has 2 N–H and O–H groups in total. The molecule has 0 unspecified atom stereocenters. The highest BCUT2D eigenvalue weighted by atomic mass is 16.5. The first-order valence-electron chi connectivity index (χ1n) is 10.4. The highest BCUT2D eigenvalue weighted by molar-refractivity contribution is 5.97. The van der Waals surface area contributed by atoms with Gasteiger partial charge in [0, 0.05) is 44.4 Å². The van der Waals surface area contributed by atoms with Crippen LogP contribution in [-0.2, 0) is 16.1 Å². The molecule has 2 amide bonds. The van der Waals surface area contributed by atoms with Gasteiger partial charge < -0.3 is 20.1 Å². The molecule has 0 aromatic carbocycles. The Morgan fingerprint density at radius 1 is 1.35 bits per heavy atom. The van der Waals surface area contributed by atoms with Crippen molar-refractivity contribution in [1.82, 2.24) is 24.4 Å². The fourth-order valence-electron chi connectivity index (χ4n) is 3.58. The van der Waals surface area contributed by atoms with Crippen LogP contribution in [0.25, 0.3) is 11.7 Å². The number of likely N-dealkylation sites (tertiary alicyclic amines) is 1. The molecule has 31 heavy (non-hydrogen) atoms. The van der Waals surface area contributed by atoms with Gasteiger partial charge in [0.1, 0.15) is 5.65 Å². The van der Waals surface area contributed by atoms with Crippen LogP contribution in [-0.4, -0.2) is 68.3 Å². The van der Waals surface area contributed by atoms with Crippen LogP contribution >= 0.6 is 0 Å². The Balaban J connectivity index is 1.72. The molecule has 10 nitrogen and oxygen atoms in total. The number of methoxy groups -OCH3 is 1.